The van der Waals surface area contributed by atoms with Crippen LogP contribution in [-0.2, 0) is 4.79 Å². The van der Waals surface area contributed by atoms with E-state index in [-0.39, 0.29) is 31.0 Å². The van der Waals surface area contributed by atoms with Gasteiger partial charge in [-0.1, -0.05) is 13.8 Å². The second-order valence-corrected chi connectivity index (χ2v) is 6.10. The van der Waals surface area contributed by atoms with E-state index in [1.165, 1.54) is 0 Å². The van der Waals surface area contributed by atoms with Crippen LogP contribution in [0.3, 0.4) is 0 Å². The monoisotopic (exact) mass is 292 g/mol. The summed E-state index contributed by atoms with van der Waals surface area (Å²) >= 11 is 0. The maximum atomic E-state index is 12.6. The summed E-state index contributed by atoms with van der Waals surface area (Å²) in [5, 5.41) is 22.1. The van der Waals surface area contributed by atoms with E-state index < -0.39 is 6.10 Å². The minimum atomic E-state index is -0.936. The van der Waals surface area contributed by atoms with Crippen LogP contribution in [0.2, 0.25) is 0 Å². The van der Waals surface area contributed by atoms with Crippen LogP contribution in [0.15, 0.2) is 12.1 Å². The van der Waals surface area contributed by atoms with Crippen LogP contribution in [0, 0.1) is 19.8 Å². The third-order valence-electron chi connectivity index (χ3n) is 4.02. The van der Waals surface area contributed by atoms with Crippen molar-refractivity contribution in [3.63, 3.8) is 0 Å². The van der Waals surface area contributed by atoms with Crippen LogP contribution in [-0.4, -0.2) is 41.4 Å². The summed E-state index contributed by atoms with van der Waals surface area (Å²) in [6.45, 7) is 7.75. The molecule has 1 aliphatic rings. The predicted molar refractivity (Wildman–Crippen MR) is 83.6 cm³/mol. The predicted octanol–water partition coefficient (Wildman–Crippen LogP) is 1.44. The summed E-state index contributed by atoms with van der Waals surface area (Å²) in [5.41, 5.74) is 3.92. The summed E-state index contributed by atoms with van der Waals surface area (Å²) in [6, 6.07) is 3.67. The van der Waals surface area contributed by atoms with Gasteiger partial charge in [0.2, 0.25) is 5.91 Å². The van der Waals surface area contributed by atoms with E-state index in [1.54, 1.807) is 4.90 Å². The van der Waals surface area contributed by atoms with E-state index in [0.29, 0.717) is 0 Å². The highest BCUT2D eigenvalue weighted by Crippen LogP contribution is 2.35. The smallest absolute Gasteiger partial charge is 0.249 e. The van der Waals surface area contributed by atoms with Crippen LogP contribution in [0.5, 0.6) is 0 Å². The van der Waals surface area contributed by atoms with E-state index in [9.17, 15) is 9.90 Å². The Labute approximate surface area is 125 Å². The van der Waals surface area contributed by atoms with Crippen LogP contribution in [0.1, 0.15) is 25.0 Å². The van der Waals surface area contributed by atoms with Crippen LogP contribution in [0.25, 0.3) is 0 Å². The molecule has 1 aliphatic heterocycles. The first-order valence-corrected chi connectivity index (χ1v) is 7.33. The van der Waals surface area contributed by atoms with Crippen molar-refractivity contribution in [2.24, 2.45) is 5.92 Å². The molecule has 1 heterocycles. The van der Waals surface area contributed by atoms with E-state index in [4.69, 9.17) is 5.11 Å². The molecule has 1 aromatic rings. The lowest BCUT2D eigenvalue weighted by Gasteiger charge is -2.38. The fraction of sp³-hybridized carbons (Fsp3) is 0.562. The van der Waals surface area contributed by atoms with Gasteiger partial charge in [0.15, 0.2) is 0 Å². The molecule has 2 rings (SSSR count). The van der Waals surface area contributed by atoms with Gasteiger partial charge in [0.25, 0.3) is 0 Å². The van der Waals surface area contributed by atoms with Crippen molar-refractivity contribution in [3.05, 3.63) is 23.3 Å². The molecule has 5 heteroatoms. The molecule has 2 atom stereocenters. The number of fused-ring (bicyclic) bond motifs is 1. The molecular formula is C16H24N2O3. The molecule has 1 aromatic carbocycles. The highest BCUT2D eigenvalue weighted by Gasteiger charge is 2.35. The fourth-order valence-electron chi connectivity index (χ4n) is 2.56. The van der Waals surface area contributed by atoms with Crippen molar-refractivity contribution in [3.8, 4) is 0 Å². The van der Waals surface area contributed by atoms with Crippen molar-refractivity contribution < 1.29 is 15.0 Å². The Hall–Kier alpha value is -1.59. The standard InChI is InChI=1S/C16H24N2O3/c1-9(2)15-16(21)18(7-12(20)8-19)14-6-11(4)10(3)5-13(14)17-15/h5-6,9,12,15,17,19-20H,7-8H2,1-4H3. The molecule has 2 unspecified atom stereocenters. The molecule has 0 aliphatic carbocycles. The first-order chi connectivity index (χ1) is 9.85. The first-order valence-electron chi connectivity index (χ1n) is 7.33. The number of nitrogens with one attached hydrogen (secondary N) is 1. The summed E-state index contributed by atoms with van der Waals surface area (Å²) in [4.78, 5) is 14.2. The Morgan fingerprint density at radius 2 is 1.90 bits per heavy atom. The lowest BCUT2D eigenvalue weighted by atomic mass is 9.96. The molecule has 0 saturated carbocycles. The Morgan fingerprint density at radius 3 is 2.48 bits per heavy atom. The van der Waals surface area contributed by atoms with Gasteiger partial charge in [-0.05, 0) is 43.0 Å². The number of hydrogen-bond donors (Lipinski definition) is 3. The van der Waals surface area contributed by atoms with Crippen molar-refractivity contribution in [1.82, 2.24) is 0 Å². The number of amides is 1. The van der Waals surface area contributed by atoms with Gasteiger partial charge in [0.1, 0.15) is 6.04 Å². The lowest BCUT2D eigenvalue weighted by Crippen LogP contribution is -2.52. The molecule has 1 amide bonds. The molecule has 0 saturated heterocycles. The number of nitrogens with zero attached hydrogens (tertiary/aromatic N) is 1. The molecule has 5 nitrogen and oxygen atoms in total. The van der Waals surface area contributed by atoms with Crippen molar-refractivity contribution >= 4 is 17.3 Å². The maximum Gasteiger partial charge on any atom is 0.249 e. The van der Waals surface area contributed by atoms with Gasteiger partial charge in [-0.2, -0.15) is 0 Å². The highest BCUT2D eigenvalue weighted by molar-refractivity contribution is 6.05. The number of hydrogen-bond acceptors (Lipinski definition) is 4. The SMILES string of the molecule is Cc1cc2c(cc1C)N(CC(O)CO)C(=O)C(C(C)C)N2. The van der Waals surface area contributed by atoms with Crippen molar-refractivity contribution in [2.45, 2.75) is 39.8 Å². The molecule has 0 spiro atoms. The zero-order valence-electron chi connectivity index (χ0n) is 13.1. The van der Waals surface area contributed by atoms with Crippen LogP contribution < -0.4 is 10.2 Å². The summed E-state index contributed by atoms with van der Waals surface area (Å²) < 4.78 is 0. The van der Waals surface area contributed by atoms with E-state index in [0.717, 1.165) is 22.5 Å². The number of rotatable bonds is 4. The highest BCUT2D eigenvalue weighted by atomic mass is 16.3. The number of carbonyl (C=O) groups excluding carboxylic acids is 1. The number of benzene rings is 1. The van der Waals surface area contributed by atoms with Gasteiger partial charge in [0, 0.05) is 0 Å². The molecule has 0 radical (unpaired) electrons. The van der Waals surface area contributed by atoms with E-state index >= 15 is 0 Å². The number of anilines is 2. The van der Waals surface area contributed by atoms with Gasteiger partial charge in [0.05, 0.1) is 30.6 Å². The van der Waals surface area contributed by atoms with Gasteiger partial charge >= 0.3 is 0 Å². The van der Waals surface area contributed by atoms with E-state index in [2.05, 4.69) is 5.32 Å². The Bertz CT molecular complexity index is 543. The molecule has 0 aromatic heterocycles. The minimum absolute atomic E-state index is 0.0618. The molecule has 21 heavy (non-hydrogen) atoms. The average Bonchev–Trinajstić information content (AvgIpc) is 2.43. The molecule has 0 fully saturated rings. The largest absolute Gasteiger partial charge is 0.394 e. The fourth-order valence-corrected chi connectivity index (χ4v) is 2.56. The molecular weight excluding hydrogens is 268 g/mol. The summed E-state index contributed by atoms with van der Waals surface area (Å²) in [7, 11) is 0. The topological polar surface area (TPSA) is 72.8 Å². The van der Waals surface area contributed by atoms with Crippen LogP contribution in [0.4, 0.5) is 11.4 Å². The average molecular weight is 292 g/mol. The Kier molecular flexibility index (Phi) is 4.54. The van der Waals surface area contributed by atoms with Crippen molar-refractivity contribution in [1.29, 1.82) is 0 Å². The van der Waals surface area contributed by atoms with E-state index in [1.807, 2.05) is 39.8 Å². The van der Waals surface area contributed by atoms with Gasteiger partial charge in [-0.15, -0.1) is 0 Å². The maximum absolute atomic E-state index is 12.6. The zero-order chi connectivity index (χ0) is 15.7. The number of carbonyl (C=O) groups is 1. The number of aliphatic hydroxyl groups excluding tert-OH is 2. The normalized spacial score (nSPS) is 19.5. The van der Waals surface area contributed by atoms with Gasteiger partial charge < -0.3 is 20.4 Å². The number of aliphatic hydroxyl groups is 2. The number of aryl methyl sites for hydroxylation is 2. The number of β-amino-alcohol motifs (C(OH)–C–C–N with tert-alkyl or cyclic N) is 1. The summed E-state index contributed by atoms with van der Waals surface area (Å²) in [5.74, 6) is 0.0780. The first kappa shape index (κ1) is 15.8. The zero-order valence-corrected chi connectivity index (χ0v) is 13.1. The lowest BCUT2D eigenvalue weighted by molar-refractivity contribution is -0.120. The Balaban J connectivity index is 2.46. The molecule has 0 bridgehead atoms. The second kappa shape index (κ2) is 6.03. The van der Waals surface area contributed by atoms with Gasteiger partial charge in [-0.25, -0.2) is 0 Å². The molecule has 116 valence electrons. The third-order valence-corrected chi connectivity index (χ3v) is 4.02. The van der Waals surface area contributed by atoms with Crippen LogP contribution >= 0.6 is 0 Å². The third kappa shape index (κ3) is 3.04. The minimum Gasteiger partial charge on any atom is -0.394 e. The second-order valence-electron chi connectivity index (χ2n) is 6.10. The quantitative estimate of drug-likeness (QED) is 0.785. The van der Waals surface area contributed by atoms with Gasteiger partial charge in [-0.3, -0.25) is 4.79 Å². The Morgan fingerprint density at radius 1 is 1.29 bits per heavy atom. The summed E-state index contributed by atoms with van der Waals surface area (Å²) in [6.07, 6.45) is -0.936. The molecule has 3 N–H and O–H groups in total. The van der Waals surface area contributed by atoms with Crippen molar-refractivity contribution in [2.75, 3.05) is 23.4 Å².